The number of fused-ring (bicyclic) bond motifs is 2. The summed E-state index contributed by atoms with van der Waals surface area (Å²) in [6.45, 7) is 0.248. The Balaban J connectivity index is 1.75. The maximum atomic E-state index is 13.8. The van der Waals surface area contributed by atoms with E-state index in [1.54, 1.807) is 23.4 Å². The molecule has 2 aromatic carbocycles. The van der Waals surface area contributed by atoms with Crippen LogP contribution in [0.2, 0.25) is 0 Å². The summed E-state index contributed by atoms with van der Waals surface area (Å²) < 4.78 is 20.4. The van der Waals surface area contributed by atoms with Gasteiger partial charge in [-0.2, -0.15) is 0 Å². The summed E-state index contributed by atoms with van der Waals surface area (Å²) in [4.78, 5) is 32.4. The number of halogens is 2. The molecule has 0 N–H and O–H groups in total. The van der Waals surface area contributed by atoms with Crippen molar-refractivity contribution in [2.24, 2.45) is 0 Å². The minimum Gasteiger partial charge on any atom is -0.450 e. The molecule has 1 aliphatic heterocycles. The van der Waals surface area contributed by atoms with Crippen molar-refractivity contribution >= 4 is 32.8 Å². The number of benzene rings is 2. The molecule has 0 bridgehead atoms. The smallest absolute Gasteiger partial charge is 0.291 e. The highest BCUT2D eigenvalue weighted by atomic mass is 79.9. The van der Waals surface area contributed by atoms with Crippen LogP contribution in [0.5, 0.6) is 0 Å². The van der Waals surface area contributed by atoms with E-state index in [9.17, 15) is 14.0 Å². The summed E-state index contributed by atoms with van der Waals surface area (Å²) in [5.74, 6) is -0.930. The lowest BCUT2D eigenvalue weighted by molar-refractivity contribution is 0.0714. The summed E-state index contributed by atoms with van der Waals surface area (Å²) in [6, 6.07) is 14.1. The number of amides is 1. The Bertz CT molecular complexity index is 1350. The molecular formula is C23H14BrFN2O3. The van der Waals surface area contributed by atoms with Crippen LogP contribution in [-0.4, -0.2) is 15.8 Å². The van der Waals surface area contributed by atoms with E-state index in [2.05, 4.69) is 20.9 Å². The molecule has 0 saturated carbocycles. The number of rotatable bonds is 3. The molecule has 0 fully saturated rings. The molecule has 1 aliphatic rings. The molecule has 1 unspecified atom stereocenters. The SMILES string of the molecule is O=C1c2oc3ccc(F)cc3c(=O)c2C(c2cccc(Br)c2)N1Cc1cccnc1. The highest BCUT2D eigenvalue weighted by Crippen LogP contribution is 2.39. The lowest BCUT2D eigenvalue weighted by Gasteiger charge is -2.25. The summed E-state index contributed by atoms with van der Waals surface area (Å²) in [5, 5.41) is 0.116. The van der Waals surface area contributed by atoms with E-state index in [0.29, 0.717) is 0 Å². The zero-order chi connectivity index (χ0) is 20.8. The highest BCUT2D eigenvalue weighted by Gasteiger charge is 2.42. The summed E-state index contributed by atoms with van der Waals surface area (Å²) in [5.41, 5.74) is 1.58. The van der Waals surface area contributed by atoms with Crippen molar-refractivity contribution < 1.29 is 13.6 Å². The predicted molar refractivity (Wildman–Crippen MR) is 113 cm³/mol. The summed E-state index contributed by atoms with van der Waals surface area (Å²) in [6.07, 6.45) is 3.33. The quantitative estimate of drug-likeness (QED) is 0.435. The standard InChI is InChI=1S/C23H14BrFN2O3/c24-15-5-1-4-14(9-15)20-19-21(28)17-10-16(25)6-7-18(17)30-22(19)23(29)27(20)12-13-3-2-8-26-11-13/h1-11,20H,12H2. The first-order valence-corrected chi connectivity index (χ1v) is 10.0. The Morgan fingerprint density at radius 2 is 1.97 bits per heavy atom. The van der Waals surface area contributed by atoms with Gasteiger partial charge in [-0.25, -0.2) is 4.39 Å². The number of pyridine rings is 1. The lowest BCUT2D eigenvalue weighted by Crippen LogP contribution is -2.29. The van der Waals surface area contributed by atoms with Crippen LogP contribution in [0, 0.1) is 5.82 Å². The van der Waals surface area contributed by atoms with Gasteiger partial charge in [0.2, 0.25) is 5.76 Å². The van der Waals surface area contributed by atoms with Gasteiger partial charge in [-0.15, -0.1) is 0 Å². The van der Waals surface area contributed by atoms with Crippen LogP contribution in [0.15, 0.2) is 80.7 Å². The average Bonchev–Trinajstić information content (AvgIpc) is 3.02. The molecule has 0 spiro atoms. The van der Waals surface area contributed by atoms with E-state index >= 15 is 0 Å². The molecular weight excluding hydrogens is 451 g/mol. The molecule has 3 heterocycles. The number of aromatic nitrogens is 1. The fraction of sp³-hybridized carbons (Fsp3) is 0.0870. The van der Waals surface area contributed by atoms with Gasteiger partial charge in [-0.3, -0.25) is 14.6 Å². The summed E-state index contributed by atoms with van der Waals surface area (Å²) >= 11 is 3.45. The number of hydrogen-bond acceptors (Lipinski definition) is 4. The number of nitrogens with zero attached hydrogens (tertiary/aromatic N) is 2. The molecule has 2 aromatic heterocycles. The molecule has 148 valence electrons. The first kappa shape index (κ1) is 18.7. The van der Waals surface area contributed by atoms with Crippen LogP contribution in [0.3, 0.4) is 0 Å². The van der Waals surface area contributed by atoms with Crippen molar-refractivity contribution in [3.63, 3.8) is 0 Å². The number of carbonyl (C=O) groups excluding carboxylic acids is 1. The lowest BCUT2D eigenvalue weighted by atomic mass is 9.98. The minimum absolute atomic E-state index is 0.00651. The van der Waals surface area contributed by atoms with Gasteiger partial charge < -0.3 is 9.32 Å². The van der Waals surface area contributed by atoms with Crippen LogP contribution in [-0.2, 0) is 6.54 Å². The van der Waals surface area contributed by atoms with Gasteiger partial charge in [0.05, 0.1) is 17.0 Å². The molecule has 5 nitrogen and oxygen atoms in total. The second kappa shape index (κ2) is 7.18. The number of carbonyl (C=O) groups is 1. The molecule has 1 amide bonds. The normalized spacial score (nSPS) is 15.6. The largest absolute Gasteiger partial charge is 0.450 e. The Kier molecular flexibility index (Phi) is 4.47. The van der Waals surface area contributed by atoms with Crippen LogP contribution in [0.25, 0.3) is 11.0 Å². The van der Waals surface area contributed by atoms with Gasteiger partial charge in [0.15, 0.2) is 5.43 Å². The van der Waals surface area contributed by atoms with Gasteiger partial charge in [0.1, 0.15) is 11.4 Å². The third kappa shape index (κ3) is 3.02. The molecule has 0 aliphatic carbocycles. The number of hydrogen-bond donors (Lipinski definition) is 0. The van der Waals surface area contributed by atoms with E-state index in [1.165, 1.54) is 12.1 Å². The van der Waals surface area contributed by atoms with Crippen molar-refractivity contribution in [2.45, 2.75) is 12.6 Å². The second-order valence-corrected chi connectivity index (χ2v) is 7.98. The van der Waals surface area contributed by atoms with Crippen LogP contribution in [0.1, 0.15) is 33.3 Å². The van der Waals surface area contributed by atoms with E-state index in [-0.39, 0.29) is 34.7 Å². The summed E-state index contributed by atoms with van der Waals surface area (Å²) in [7, 11) is 0. The van der Waals surface area contributed by atoms with Crippen molar-refractivity contribution in [1.82, 2.24) is 9.88 Å². The highest BCUT2D eigenvalue weighted by molar-refractivity contribution is 9.10. The van der Waals surface area contributed by atoms with Gasteiger partial charge in [-0.1, -0.05) is 34.1 Å². The Labute approximate surface area is 178 Å². The van der Waals surface area contributed by atoms with E-state index in [1.807, 2.05) is 30.3 Å². The molecule has 30 heavy (non-hydrogen) atoms. The van der Waals surface area contributed by atoms with Gasteiger partial charge in [0.25, 0.3) is 5.91 Å². The van der Waals surface area contributed by atoms with Crippen LogP contribution in [0.4, 0.5) is 4.39 Å². The zero-order valence-corrected chi connectivity index (χ0v) is 17.1. The van der Waals surface area contributed by atoms with Crippen LogP contribution < -0.4 is 5.43 Å². The third-order valence-corrected chi connectivity index (χ3v) is 5.66. The maximum absolute atomic E-state index is 13.8. The molecule has 0 radical (unpaired) electrons. The third-order valence-electron chi connectivity index (χ3n) is 5.17. The van der Waals surface area contributed by atoms with Crippen LogP contribution >= 0.6 is 15.9 Å². The average molecular weight is 465 g/mol. The zero-order valence-electron chi connectivity index (χ0n) is 15.5. The monoisotopic (exact) mass is 464 g/mol. The van der Waals surface area contributed by atoms with E-state index in [0.717, 1.165) is 21.7 Å². The first-order valence-electron chi connectivity index (χ1n) is 9.24. The topological polar surface area (TPSA) is 63.4 Å². The predicted octanol–water partition coefficient (Wildman–Crippen LogP) is 4.84. The molecule has 1 atom stereocenters. The van der Waals surface area contributed by atoms with Gasteiger partial charge >= 0.3 is 0 Å². The Morgan fingerprint density at radius 3 is 2.73 bits per heavy atom. The second-order valence-electron chi connectivity index (χ2n) is 7.07. The van der Waals surface area contributed by atoms with Crippen molar-refractivity contribution in [3.8, 4) is 0 Å². The van der Waals surface area contributed by atoms with E-state index in [4.69, 9.17) is 4.42 Å². The molecule has 5 rings (SSSR count). The van der Waals surface area contributed by atoms with Gasteiger partial charge in [0, 0.05) is 23.4 Å². The van der Waals surface area contributed by atoms with E-state index < -0.39 is 17.3 Å². The maximum Gasteiger partial charge on any atom is 0.291 e. The van der Waals surface area contributed by atoms with Crippen molar-refractivity contribution in [1.29, 1.82) is 0 Å². The molecule has 7 heteroatoms. The minimum atomic E-state index is -0.658. The Hall–Kier alpha value is -3.32. The van der Waals surface area contributed by atoms with Crippen molar-refractivity contribution in [3.05, 3.63) is 110 Å². The fourth-order valence-electron chi connectivity index (χ4n) is 3.87. The molecule has 4 aromatic rings. The molecule has 0 saturated heterocycles. The fourth-order valence-corrected chi connectivity index (χ4v) is 4.28. The Morgan fingerprint density at radius 1 is 1.10 bits per heavy atom. The first-order chi connectivity index (χ1) is 14.5. The van der Waals surface area contributed by atoms with Crippen molar-refractivity contribution in [2.75, 3.05) is 0 Å². The van der Waals surface area contributed by atoms with Gasteiger partial charge in [-0.05, 0) is 47.5 Å².